The van der Waals surface area contributed by atoms with Crippen molar-refractivity contribution in [3.8, 4) is 0 Å². The van der Waals surface area contributed by atoms with Crippen LogP contribution in [0.15, 0.2) is 81.5 Å². The van der Waals surface area contributed by atoms with Gasteiger partial charge in [0, 0.05) is 58.0 Å². The van der Waals surface area contributed by atoms with Gasteiger partial charge in [-0.05, 0) is 62.2 Å². The number of piperazine rings is 1. The van der Waals surface area contributed by atoms with E-state index in [1.165, 1.54) is 21.7 Å². The first-order chi connectivity index (χ1) is 16.0. The highest BCUT2D eigenvalue weighted by Gasteiger charge is 2.28. The van der Waals surface area contributed by atoms with Crippen LogP contribution in [-0.4, -0.2) is 42.2 Å². The lowest BCUT2D eigenvalue weighted by atomic mass is 10.1. The van der Waals surface area contributed by atoms with E-state index in [0.717, 1.165) is 41.4 Å². The summed E-state index contributed by atoms with van der Waals surface area (Å²) in [5, 5.41) is 0. The van der Waals surface area contributed by atoms with Gasteiger partial charge in [-0.3, -0.25) is 9.79 Å². The minimum atomic E-state index is 0.0913. The molecule has 168 valence electrons. The summed E-state index contributed by atoms with van der Waals surface area (Å²) in [6.45, 7) is 8.73. The molecule has 0 aromatic heterocycles. The van der Waals surface area contributed by atoms with Crippen LogP contribution in [-0.2, 0) is 0 Å². The maximum absolute atomic E-state index is 13.4. The van der Waals surface area contributed by atoms with Gasteiger partial charge in [-0.25, -0.2) is 0 Å². The van der Waals surface area contributed by atoms with Crippen LogP contribution in [0.2, 0.25) is 0 Å². The summed E-state index contributed by atoms with van der Waals surface area (Å²) >= 11 is 1.73. The Balaban J connectivity index is 1.37. The van der Waals surface area contributed by atoms with Crippen LogP contribution >= 0.6 is 11.8 Å². The largest absolute Gasteiger partial charge is 0.365 e. The van der Waals surface area contributed by atoms with E-state index in [1.807, 2.05) is 17.0 Å². The second-order valence-electron chi connectivity index (χ2n) is 8.83. The van der Waals surface area contributed by atoms with E-state index < -0.39 is 0 Å². The van der Waals surface area contributed by atoms with Crippen LogP contribution in [0, 0.1) is 6.92 Å². The summed E-state index contributed by atoms with van der Waals surface area (Å²) in [5.74, 6) is 0.0913. The summed E-state index contributed by atoms with van der Waals surface area (Å²) in [4.78, 5) is 25.1. The van der Waals surface area contributed by atoms with Crippen LogP contribution in [0.3, 0.4) is 0 Å². The molecule has 4 nitrogen and oxygen atoms in total. The lowest BCUT2D eigenvalue weighted by Crippen LogP contribution is -2.53. The maximum Gasteiger partial charge on any atom is 0.254 e. The molecule has 0 radical (unpaired) electrons. The number of nitrogens with zero attached hydrogens (tertiary/aromatic N) is 3. The molecular formula is C28H29N3OS. The molecule has 0 aliphatic carbocycles. The number of hydrogen-bond donors (Lipinski definition) is 0. The Bertz CT molecular complexity index is 1240. The number of hydrogen-bond acceptors (Lipinski definition) is 4. The summed E-state index contributed by atoms with van der Waals surface area (Å²) in [6, 6.07) is 23.3. The molecule has 3 aromatic rings. The van der Waals surface area contributed by atoms with Crippen molar-refractivity contribution in [2.45, 2.75) is 43.0 Å². The number of amides is 1. The van der Waals surface area contributed by atoms with Crippen molar-refractivity contribution in [2.75, 3.05) is 24.5 Å². The van der Waals surface area contributed by atoms with Gasteiger partial charge in [-0.15, -0.1) is 0 Å². The molecule has 5 rings (SSSR count). The van der Waals surface area contributed by atoms with Crippen molar-refractivity contribution >= 4 is 34.8 Å². The molecule has 1 atom stereocenters. The van der Waals surface area contributed by atoms with E-state index >= 15 is 0 Å². The number of benzene rings is 3. The highest BCUT2D eigenvalue weighted by molar-refractivity contribution is 7.99. The molecule has 5 heteroatoms. The van der Waals surface area contributed by atoms with E-state index in [-0.39, 0.29) is 11.9 Å². The summed E-state index contributed by atoms with van der Waals surface area (Å²) < 4.78 is 0. The van der Waals surface area contributed by atoms with Crippen molar-refractivity contribution in [3.05, 3.63) is 83.4 Å². The van der Waals surface area contributed by atoms with Gasteiger partial charge in [-0.1, -0.05) is 49.0 Å². The van der Waals surface area contributed by atoms with Crippen molar-refractivity contribution in [2.24, 2.45) is 4.99 Å². The zero-order valence-corrected chi connectivity index (χ0v) is 20.2. The van der Waals surface area contributed by atoms with Gasteiger partial charge in [0.05, 0.1) is 5.69 Å². The fourth-order valence-corrected chi connectivity index (χ4v) is 5.75. The number of anilines is 1. The minimum absolute atomic E-state index is 0.0913. The lowest BCUT2D eigenvalue weighted by Gasteiger charge is -2.41. The van der Waals surface area contributed by atoms with Crippen molar-refractivity contribution in [3.63, 3.8) is 0 Å². The highest BCUT2D eigenvalue weighted by Crippen LogP contribution is 2.41. The van der Waals surface area contributed by atoms with Crippen molar-refractivity contribution in [1.29, 1.82) is 0 Å². The molecular weight excluding hydrogens is 426 g/mol. The van der Waals surface area contributed by atoms with Crippen LogP contribution < -0.4 is 4.90 Å². The molecule has 1 amide bonds. The average molecular weight is 456 g/mol. The van der Waals surface area contributed by atoms with Gasteiger partial charge < -0.3 is 9.80 Å². The first kappa shape index (κ1) is 21.8. The molecule has 0 saturated carbocycles. The van der Waals surface area contributed by atoms with E-state index in [4.69, 9.17) is 4.99 Å². The van der Waals surface area contributed by atoms with Gasteiger partial charge >= 0.3 is 0 Å². The predicted octanol–water partition coefficient (Wildman–Crippen LogP) is 6.34. The number of aryl methyl sites for hydroxylation is 1. The normalized spacial score (nSPS) is 17.7. The molecule has 0 spiro atoms. The van der Waals surface area contributed by atoms with Crippen molar-refractivity contribution in [1.82, 2.24) is 4.90 Å². The van der Waals surface area contributed by atoms with Gasteiger partial charge in [0.15, 0.2) is 0 Å². The van der Waals surface area contributed by atoms with Crippen LogP contribution in [0.25, 0.3) is 0 Å². The zero-order chi connectivity index (χ0) is 22.9. The molecule has 0 bridgehead atoms. The Labute approximate surface area is 200 Å². The predicted molar refractivity (Wildman–Crippen MR) is 137 cm³/mol. The third-order valence-corrected chi connectivity index (χ3v) is 7.60. The Morgan fingerprint density at radius 1 is 1.03 bits per heavy atom. The number of carbonyl (C=O) groups excluding carboxylic acids is 1. The Morgan fingerprint density at radius 2 is 1.88 bits per heavy atom. The smallest absolute Gasteiger partial charge is 0.254 e. The minimum Gasteiger partial charge on any atom is -0.365 e. The van der Waals surface area contributed by atoms with E-state index in [9.17, 15) is 4.79 Å². The highest BCUT2D eigenvalue weighted by atomic mass is 32.2. The third-order valence-electron chi connectivity index (χ3n) is 6.46. The molecule has 2 aliphatic heterocycles. The molecule has 0 unspecified atom stereocenters. The fourth-order valence-electron chi connectivity index (χ4n) is 4.73. The van der Waals surface area contributed by atoms with Gasteiger partial charge in [-0.2, -0.15) is 0 Å². The second-order valence-corrected chi connectivity index (χ2v) is 9.91. The van der Waals surface area contributed by atoms with Gasteiger partial charge in [0.25, 0.3) is 5.91 Å². The molecule has 1 saturated heterocycles. The molecule has 0 N–H and O–H groups in total. The monoisotopic (exact) mass is 455 g/mol. The average Bonchev–Trinajstić information content (AvgIpc) is 2.99. The first-order valence-corrected chi connectivity index (χ1v) is 12.5. The first-order valence-electron chi connectivity index (χ1n) is 11.6. The van der Waals surface area contributed by atoms with Crippen LogP contribution in [0.5, 0.6) is 0 Å². The second kappa shape index (κ2) is 9.06. The summed E-state index contributed by atoms with van der Waals surface area (Å²) in [7, 11) is 0. The zero-order valence-electron chi connectivity index (χ0n) is 19.4. The summed E-state index contributed by atoms with van der Waals surface area (Å²) in [5.41, 5.74) is 6.37. The van der Waals surface area contributed by atoms with E-state index in [2.05, 4.69) is 80.3 Å². The topological polar surface area (TPSA) is 35.9 Å². The Hall–Kier alpha value is -3.05. The lowest BCUT2D eigenvalue weighted by molar-refractivity contribution is 0.0726. The van der Waals surface area contributed by atoms with Gasteiger partial charge in [0.1, 0.15) is 0 Å². The maximum atomic E-state index is 13.4. The van der Waals surface area contributed by atoms with E-state index in [0.29, 0.717) is 6.54 Å². The fraction of sp³-hybridized carbons (Fsp3) is 0.286. The van der Waals surface area contributed by atoms with Crippen molar-refractivity contribution < 1.29 is 4.79 Å². The molecule has 2 aliphatic rings. The third kappa shape index (κ3) is 4.30. The Morgan fingerprint density at radius 3 is 2.67 bits per heavy atom. The molecule has 3 aromatic carbocycles. The number of aliphatic imine (C=N–C) groups is 1. The van der Waals surface area contributed by atoms with Crippen LogP contribution in [0.4, 0.5) is 11.4 Å². The van der Waals surface area contributed by atoms with E-state index in [1.54, 1.807) is 11.8 Å². The van der Waals surface area contributed by atoms with Crippen LogP contribution in [0.1, 0.15) is 41.8 Å². The van der Waals surface area contributed by atoms with Gasteiger partial charge in [0.2, 0.25) is 0 Å². The molecule has 33 heavy (non-hydrogen) atoms. The number of carbonyl (C=O) groups is 1. The quantitative estimate of drug-likeness (QED) is 0.462. The summed E-state index contributed by atoms with van der Waals surface area (Å²) in [6.07, 6.45) is 0.855. The molecule has 1 fully saturated rings. The standard InChI is InChI=1S/C28H29N3OS/c1-4-24-23-10-5-6-11-26(23)33-27-13-12-21(17-25(27)29-24)28(32)30-14-15-31(20(3)18-30)22-9-7-8-19(2)16-22/h5-13,16-17,20H,4,14-15,18H2,1-3H3/t20-/m0/s1. The molecule has 2 heterocycles. The SMILES string of the molecule is CCC1=Nc2cc(C(=O)N3CCN(c4cccc(C)c4)[C@@H](C)C3)ccc2Sc2ccccc21. The Kier molecular flexibility index (Phi) is 5.98. The number of fused-ring (bicyclic) bond motifs is 2. The number of rotatable bonds is 3.